The highest BCUT2D eigenvalue weighted by atomic mass is 16.2. The number of carbonyl (C=O) groups is 2. The molecule has 3 amide bonds. The van der Waals surface area contributed by atoms with Crippen LogP contribution in [0.5, 0.6) is 0 Å². The van der Waals surface area contributed by atoms with Gasteiger partial charge in [0.1, 0.15) is 0 Å². The third kappa shape index (κ3) is 4.13. The maximum atomic E-state index is 12.9. The summed E-state index contributed by atoms with van der Waals surface area (Å²) in [6.45, 7) is 13.9. The van der Waals surface area contributed by atoms with Crippen molar-refractivity contribution in [3.63, 3.8) is 0 Å². The second kappa shape index (κ2) is 8.74. The maximum absolute atomic E-state index is 12.9. The van der Waals surface area contributed by atoms with Crippen LogP contribution in [0.2, 0.25) is 0 Å². The second-order valence-electron chi connectivity index (χ2n) is 8.81. The molecule has 0 radical (unpaired) electrons. The van der Waals surface area contributed by atoms with Gasteiger partial charge >= 0.3 is 6.03 Å². The average Bonchev–Trinajstić information content (AvgIpc) is 2.90. The lowest BCUT2D eigenvalue weighted by Gasteiger charge is -2.43. The lowest BCUT2D eigenvalue weighted by atomic mass is 9.91. The molecule has 0 aromatic rings. The molecule has 0 unspecified atom stereocenters. The van der Waals surface area contributed by atoms with Crippen LogP contribution in [0.1, 0.15) is 32.1 Å². The minimum atomic E-state index is -0.0304. The molecule has 6 nitrogen and oxygen atoms in total. The lowest BCUT2D eigenvalue weighted by Crippen LogP contribution is -2.60. The van der Waals surface area contributed by atoms with Crippen LogP contribution in [0.15, 0.2) is 36.5 Å². The van der Waals surface area contributed by atoms with E-state index in [9.17, 15) is 9.59 Å². The van der Waals surface area contributed by atoms with Crippen molar-refractivity contribution >= 4 is 11.9 Å². The van der Waals surface area contributed by atoms with Crippen LogP contribution in [0.3, 0.4) is 0 Å². The number of hydrogen-bond donors (Lipinski definition) is 0. The van der Waals surface area contributed by atoms with E-state index in [0.717, 1.165) is 50.6 Å². The number of nitrogens with zero attached hydrogens (tertiary/aromatic N) is 4. The minimum Gasteiger partial charge on any atom is -0.341 e. The number of amides is 3. The van der Waals surface area contributed by atoms with Crippen molar-refractivity contribution in [1.82, 2.24) is 19.6 Å². The molecule has 0 atom stereocenters. The number of carbonyl (C=O) groups excluding carboxylic acids is 2. The molecule has 4 rings (SSSR count). The van der Waals surface area contributed by atoms with Crippen LogP contribution in [0.25, 0.3) is 0 Å². The Hall–Kier alpha value is -2.08. The Labute approximate surface area is 174 Å². The third-order valence-electron chi connectivity index (χ3n) is 7.12. The van der Waals surface area contributed by atoms with Gasteiger partial charge in [-0.2, -0.15) is 0 Å². The number of rotatable bonds is 4. The summed E-state index contributed by atoms with van der Waals surface area (Å²) in [6, 6.07) is 0.797. The van der Waals surface area contributed by atoms with Crippen molar-refractivity contribution in [3.8, 4) is 0 Å². The zero-order valence-electron chi connectivity index (χ0n) is 17.5. The van der Waals surface area contributed by atoms with E-state index in [0.29, 0.717) is 26.2 Å². The van der Waals surface area contributed by atoms with E-state index in [1.165, 1.54) is 24.8 Å². The Morgan fingerprint density at radius 1 is 0.828 bits per heavy atom. The van der Waals surface area contributed by atoms with Gasteiger partial charge in [0.25, 0.3) is 0 Å². The monoisotopic (exact) mass is 398 g/mol. The fraction of sp³-hybridized carbons (Fsp3) is 0.652. The molecule has 6 heteroatoms. The van der Waals surface area contributed by atoms with Gasteiger partial charge in [0, 0.05) is 58.4 Å². The van der Waals surface area contributed by atoms with Gasteiger partial charge in [0.2, 0.25) is 5.91 Å². The van der Waals surface area contributed by atoms with E-state index in [1.54, 1.807) is 0 Å². The number of likely N-dealkylation sites (tertiary alicyclic amines) is 1. The summed E-state index contributed by atoms with van der Waals surface area (Å²) >= 11 is 0. The number of urea groups is 1. The molecule has 158 valence electrons. The summed E-state index contributed by atoms with van der Waals surface area (Å²) in [7, 11) is 0. The predicted molar refractivity (Wildman–Crippen MR) is 114 cm³/mol. The molecule has 2 saturated heterocycles. The first-order valence-corrected chi connectivity index (χ1v) is 11.1. The van der Waals surface area contributed by atoms with Crippen molar-refractivity contribution in [2.45, 2.75) is 38.1 Å². The molecule has 3 fully saturated rings. The Morgan fingerprint density at radius 3 is 2.24 bits per heavy atom. The highest BCUT2D eigenvalue weighted by molar-refractivity contribution is 5.84. The molecule has 0 spiro atoms. The zero-order valence-corrected chi connectivity index (χ0v) is 17.5. The third-order valence-corrected chi connectivity index (χ3v) is 7.12. The minimum absolute atomic E-state index is 0.0304. The largest absolute Gasteiger partial charge is 0.341 e. The van der Waals surface area contributed by atoms with Gasteiger partial charge in [-0.15, -0.1) is 0 Å². The van der Waals surface area contributed by atoms with Crippen molar-refractivity contribution in [1.29, 1.82) is 0 Å². The van der Waals surface area contributed by atoms with E-state index >= 15 is 0 Å². The fourth-order valence-electron chi connectivity index (χ4n) is 4.92. The molecule has 3 aliphatic heterocycles. The van der Waals surface area contributed by atoms with E-state index in [1.807, 2.05) is 26.9 Å². The van der Waals surface area contributed by atoms with Gasteiger partial charge in [-0.05, 0) is 36.8 Å². The van der Waals surface area contributed by atoms with E-state index < -0.39 is 0 Å². The average molecular weight is 399 g/mol. The second-order valence-corrected chi connectivity index (χ2v) is 8.81. The molecule has 1 saturated carbocycles. The van der Waals surface area contributed by atoms with Gasteiger partial charge in [-0.1, -0.05) is 31.7 Å². The molecular formula is C23H34N4O2. The molecule has 0 bridgehead atoms. The maximum Gasteiger partial charge on any atom is 0.320 e. The molecule has 29 heavy (non-hydrogen) atoms. The number of allylic oxidation sites excluding steroid dienone is 1. The summed E-state index contributed by atoms with van der Waals surface area (Å²) in [5.41, 5.74) is 2.26. The highest BCUT2D eigenvalue weighted by Crippen LogP contribution is 2.27. The zero-order chi connectivity index (χ0) is 20.4. The van der Waals surface area contributed by atoms with Gasteiger partial charge in [-0.3, -0.25) is 9.69 Å². The Kier molecular flexibility index (Phi) is 6.09. The van der Waals surface area contributed by atoms with Crippen molar-refractivity contribution < 1.29 is 9.59 Å². The SMILES string of the molecule is C=CC1=C(C=C)CN(C(=O)N2CC(C(=O)N3CCCN(C4CCC4)CC3)C2)CC1. The topological polar surface area (TPSA) is 47.1 Å². The standard InChI is InChI=1S/C23H34N4O2/c1-3-18-9-12-26(15-19(18)4-2)23(29)27-16-20(17-27)22(28)25-11-6-10-24(13-14-25)21-7-5-8-21/h3-4,20-21H,1-2,5-17H2. The molecule has 4 aliphatic rings. The highest BCUT2D eigenvalue weighted by Gasteiger charge is 2.40. The van der Waals surface area contributed by atoms with Gasteiger partial charge in [0.15, 0.2) is 0 Å². The summed E-state index contributed by atoms with van der Waals surface area (Å²) in [6.07, 6.45) is 9.56. The smallest absolute Gasteiger partial charge is 0.320 e. The van der Waals surface area contributed by atoms with Gasteiger partial charge in [-0.25, -0.2) is 4.79 Å². The fourth-order valence-corrected chi connectivity index (χ4v) is 4.92. The summed E-state index contributed by atoms with van der Waals surface area (Å²) < 4.78 is 0. The van der Waals surface area contributed by atoms with Gasteiger partial charge < -0.3 is 14.7 Å². The summed E-state index contributed by atoms with van der Waals surface area (Å²) in [4.78, 5) is 34.1. The molecule has 0 aromatic carbocycles. The Morgan fingerprint density at radius 2 is 1.59 bits per heavy atom. The Bertz CT molecular complexity index is 706. The molecule has 0 N–H and O–H groups in total. The summed E-state index contributed by atoms with van der Waals surface area (Å²) in [5.74, 6) is 0.209. The van der Waals surface area contributed by atoms with Crippen molar-refractivity contribution in [3.05, 3.63) is 36.5 Å². The normalized spacial score (nSPS) is 24.6. The number of hydrogen-bond acceptors (Lipinski definition) is 3. The van der Waals surface area contributed by atoms with Gasteiger partial charge in [0.05, 0.1) is 5.92 Å². The Balaban J connectivity index is 1.25. The van der Waals surface area contributed by atoms with Crippen LogP contribution in [0.4, 0.5) is 4.79 Å². The predicted octanol–water partition coefficient (Wildman–Crippen LogP) is 2.50. The van der Waals surface area contributed by atoms with E-state index in [2.05, 4.69) is 18.1 Å². The van der Waals surface area contributed by atoms with Crippen LogP contribution in [0, 0.1) is 5.92 Å². The van der Waals surface area contributed by atoms with E-state index in [4.69, 9.17) is 0 Å². The first-order valence-electron chi connectivity index (χ1n) is 11.1. The first-order chi connectivity index (χ1) is 14.1. The lowest BCUT2D eigenvalue weighted by molar-refractivity contribution is -0.139. The molecule has 1 aliphatic carbocycles. The van der Waals surface area contributed by atoms with Crippen molar-refractivity contribution in [2.75, 3.05) is 52.4 Å². The van der Waals surface area contributed by atoms with Crippen LogP contribution < -0.4 is 0 Å². The van der Waals surface area contributed by atoms with Crippen molar-refractivity contribution in [2.24, 2.45) is 5.92 Å². The molecule has 3 heterocycles. The summed E-state index contributed by atoms with van der Waals surface area (Å²) in [5, 5.41) is 0. The quantitative estimate of drug-likeness (QED) is 0.731. The molecular weight excluding hydrogens is 364 g/mol. The first kappa shape index (κ1) is 20.2. The molecule has 0 aromatic heterocycles. The van der Waals surface area contributed by atoms with E-state index in [-0.39, 0.29) is 17.9 Å². The van der Waals surface area contributed by atoms with Crippen LogP contribution in [-0.4, -0.2) is 89.9 Å². The van der Waals surface area contributed by atoms with Crippen LogP contribution >= 0.6 is 0 Å². The van der Waals surface area contributed by atoms with Crippen LogP contribution in [-0.2, 0) is 4.79 Å².